The van der Waals surface area contributed by atoms with Crippen LogP contribution in [-0.4, -0.2) is 4.99 Å². The van der Waals surface area contributed by atoms with Crippen molar-refractivity contribution >= 4 is 17.2 Å². The molecule has 0 unspecified atom stereocenters. The van der Waals surface area contributed by atoms with Gasteiger partial charge in [-0.3, -0.25) is 0 Å². The number of benzene rings is 1. The van der Waals surface area contributed by atoms with Crippen molar-refractivity contribution in [2.45, 2.75) is 19.4 Å². The van der Waals surface area contributed by atoms with E-state index in [-0.39, 0.29) is 0 Å². The Bertz CT molecular complexity index is 292. The molecule has 14 heavy (non-hydrogen) atoms. The van der Waals surface area contributed by atoms with Crippen molar-refractivity contribution in [3.63, 3.8) is 0 Å². The summed E-state index contributed by atoms with van der Waals surface area (Å²) in [6.07, 6.45) is 3.72. The lowest BCUT2D eigenvalue weighted by molar-refractivity contribution is 0.894. The maximum absolute atomic E-state index is 5.16. The lowest BCUT2D eigenvalue weighted by Gasteiger charge is -2.06. The van der Waals surface area contributed by atoms with Gasteiger partial charge >= 0.3 is 0 Å². The Kier molecular flexibility index (Phi) is 4.94. The van der Waals surface area contributed by atoms with Crippen LogP contribution >= 0.6 is 12.2 Å². The first-order valence-electron chi connectivity index (χ1n) is 4.74. The van der Waals surface area contributed by atoms with E-state index in [2.05, 4.69) is 24.0 Å². The summed E-state index contributed by atoms with van der Waals surface area (Å²) in [4.78, 5) is 0.911. The van der Waals surface area contributed by atoms with Crippen LogP contribution in [0.5, 0.6) is 0 Å². The van der Waals surface area contributed by atoms with Crippen molar-refractivity contribution < 1.29 is 0 Å². The number of allylic oxidation sites excluding steroid dienone is 1. The molecular weight excluding hydrogens is 190 g/mol. The number of rotatable bonds is 5. The smallest absolute Gasteiger partial charge is 0.0759 e. The second kappa shape index (κ2) is 6.33. The fourth-order valence-electron chi connectivity index (χ4n) is 1.12. The Morgan fingerprint density at radius 3 is 2.71 bits per heavy atom. The topological polar surface area (TPSA) is 12.0 Å². The van der Waals surface area contributed by atoms with Crippen LogP contribution in [0, 0.1) is 0 Å². The summed E-state index contributed by atoms with van der Waals surface area (Å²) in [5, 5.41) is 3.22. The summed E-state index contributed by atoms with van der Waals surface area (Å²) < 4.78 is 0. The summed E-state index contributed by atoms with van der Waals surface area (Å²) in [6.45, 7) is 4.48. The minimum Gasteiger partial charge on any atom is -0.376 e. The molecule has 1 aromatic carbocycles. The average Bonchev–Trinajstić information content (AvgIpc) is 2.25. The molecule has 0 aliphatic carbocycles. The molecule has 0 radical (unpaired) electrons. The summed E-state index contributed by atoms with van der Waals surface area (Å²) >= 11 is 5.16. The van der Waals surface area contributed by atoms with Crippen LogP contribution in [0.4, 0.5) is 0 Å². The molecule has 0 saturated carbocycles. The summed E-state index contributed by atoms with van der Waals surface area (Å²) in [5.41, 5.74) is 1.26. The van der Waals surface area contributed by atoms with Gasteiger partial charge in [0.2, 0.25) is 0 Å². The summed E-state index contributed by atoms with van der Waals surface area (Å²) in [6, 6.07) is 10.2. The zero-order valence-electron chi connectivity index (χ0n) is 8.20. The Morgan fingerprint density at radius 1 is 1.36 bits per heavy atom. The van der Waals surface area contributed by atoms with E-state index in [1.165, 1.54) is 5.56 Å². The Balaban J connectivity index is 2.27. The van der Waals surface area contributed by atoms with Gasteiger partial charge in [0.1, 0.15) is 0 Å². The number of nitrogens with one attached hydrogen (secondary N) is 1. The standard InChI is InChI=1S/C12H15NS/c1-2-3-9-12(14)13-10-11-7-5-4-6-8-11/h2,4-8H,1,3,9-10H2,(H,13,14). The monoisotopic (exact) mass is 205 g/mol. The molecule has 0 atom stereocenters. The molecule has 1 nitrogen and oxygen atoms in total. The highest BCUT2D eigenvalue weighted by molar-refractivity contribution is 7.80. The van der Waals surface area contributed by atoms with Gasteiger partial charge in [-0.25, -0.2) is 0 Å². The minimum atomic E-state index is 0.816. The number of thiocarbonyl (C=S) groups is 1. The highest BCUT2D eigenvalue weighted by Gasteiger charge is 1.94. The molecule has 0 saturated heterocycles. The zero-order chi connectivity index (χ0) is 10.2. The van der Waals surface area contributed by atoms with Crippen LogP contribution in [0.2, 0.25) is 0 Å². The van der Waals surface area contributed by atoms with Crippen LogP contribution in [0.15, 0.2) is 43.0 Å². The fraction of sp³-hybridized carbons (Fsp3) is 0.250. The first kappa shape index (κ1) is 10.9. The third-order valence-electron chi connectivity index (χ3n) is 1.91. The third kappa shape index (κ3) is 4.19. The van der Waals surface area contributed by atoms with Gasteiger partial charge < -0.3 is 5.32 Å². The Morgan fingerprint density at radius 2 is 2.07 bits per heavy atom. The molecular formula is C12H15NS. The number of hydrogen-bond donors (Lipinski definition) is 1. The van der Waals surface area contributed by atoms with Crippen molar-refractivity contribution in [3.05, 3.63) is 48.6 Å². The molecule has 1 aromatic rings. The molecule has 0 heterocycles. The van der Waals surface area contributed by atoms with E-state index >= 15 is 0 Å². The molecule has 1 N–H and O–H groups in total. The molecule has 0 bridgehead atoms. The van der Waals surface area contributed by atoms with E-state index in [4.69, 9.17) is 12.2 Å². The molecule has 0 aliphatic heterocycles. The SMILES string of the molecule is C=CCCC(=S)NCc1ccccc1. The van der Waals surface area contributed by atoms with Crippen LogP contribution in [0.3, 0.4) is 0 Å². The Labute approximate surface area is 90.8 Å². The predicted molar refractivity (Wildman–Crippen MR) is 65.3 cm³/mol. The molecule has 0 amide bonds. The van der Waals surface area contributed by atoms with E-state index in [0.717, 1.165) is 24.4 Å². The molecule has 0 spiro atoms. The predicted octanol–water partition coefficient (Wildman–Crippen LogP) is 3.07. The minimum absolute atomic E-state index is 0.816. The molecule has 1 rings (SSSR count). The van der Waals surface area contributed by atoms with Crippen molar-refractivity contribution in [2.75, 3.05) is 0 Å². The first-order valence-corrected chi connectivity index (χ1v) is 5.15. The second-order valence-electron chi connectivity index (χ2n) is 3.09. The Hall–Kier alpha value is -1.15. The van der Waals surface area contributed by atoms with Gasteiger partial charge in [0.05, 0.1) is 4.99 Å². The summed E-state index contributed by atoms with van der Waals surface area (Å²) in [7, 11) is 0. The van der Waals surface area contributed by atoms with Gasteiger partial charge in [-0.15, -0.1) is 6.58 Å². The van der Waals surface area contributed by atoms with Crippen molar-refractivity contribution in [2.24, 2.45) is 0 Å². The maximum atomic E-state index is 5.16. The average molecular weight is 205 g/mol. The molecule has 74 valence electrons. The lowest BCUT2D eigenvalue weighted by Crippen LogP contribution is -2.20. The third-order valence-corrected chi connectivity index (χ3v) is 2.26. The molecule has 2 heteroatoms. The quantitative estimate of drug-likeness (QED) is 0.585. The highest BCUT2D eigenvalue weighted by atomic mass is 32.1. The van der Waals surface area contributed by atoms with Crippen LogP contribution in [0.25, 0.3) is 0 Å². The molecule has 0 fully saturated rings. The van der Waals surface area contributed by atoms with Crippen LogP contribution in [0.1, 0.15) is 18.4 Å². The van der Waals surface area contributed by atoms with Gasteiger partial charge in [0, 0.05) is 13.0 Å². The van der Waals surface area contributed by atoms with Gasteiger partial charge in [-0.2, -0.15) is 0 Å². The van der Waals surface area contributed by atoms with E-state index < -0.39 is 0 Å². The highest BCUT2D eigenvalue weighted by Crippen LogP contribution is 1.98. The summed E-state index contributed by atoms with van der Waals surface area (Å²) in [5.74, 6) is 0. The van der Waals surface area contributed by atoms with Gasteiger partial charge in [-0.1, -0.05) is 48.6 Å². The van der Waals surface area contributed by atoms with E-state index in [9.17, 15) is 0 Å². The normalized spacial score (nSPS) is 9.43. The van der Waals surface area contributed by atoms with Crippen LogP contribution in [-0.2, 0) is 6.54 Å². The number of hydrogen-bond acceptors (Lipinski definition) is 1. The van der Waals surface area contributed by atoms with Crippen LogP contribution < -0.4 is 5.32 Å². The molecule has 0 aliphatic rings. The van der Waals surface area contributed by atoms with Crippen molar-refractivity contribution in [3.8, 4) is 0 Å². The zero-order valence-corrected chi connectivity index (χ0v) is 9.02. The van der Waals surface area contributed by atoms with Crippen molar-refractivity contribution in [1.82, 2.24) is 5.32 Å². The van der Waals surface area contributed by atoms with E-state index in [1.807, 2.05) is 24.3 Å². The maximum Gasteiger partial charge on any atom is 0.0759 e. The van der Waals surface area contributed by atoms with Gasteiger partial charge in [0.25, 0.3) is 0 Å². The molecule has 0 aromatic heterocycles. The van der Waals surface area contributed by atoms with E-state index in [0.29, 0.717) is 0 Å². The first-order chi connectivity index (χ1) is 6.83. The fourth-order valence-corrected chi connectivity index (χ4v) is 1.31. The van der Waals surface area contributed by atoms with Gasteiger partial charge in [0.15, 0.2) is 0 Å². The van der Waals surface area contributed by atoms with E-state index in [1.54, 1.807) is 0 Å². The van der Waals surface area contributed by atoms with Crippen molar-refractivity contribution in [1.29, 1.82) is 0 Å². The van der Waals surface area contributed by atoms with Gasteiger partial charge in [-0.05, 0) is 12.0 Å². The second-order valence-corrected chi connectivity index (χ2v) is 3.58. The largest absolute Gasteiger partial charge is 0.376 e. The lowest BCUT2D eigenvalue weighted by atomic mass is 10.2.